The second-order valence-corrected chi connectivity index (χ2v) is 25.4. The number of fused-ring (bicyclic) bond motifs is 28. The van der Waals surface area contributed by atoms with Gasteiger partial charge in [-0.3, -0.25) is 27.8 Å². The fraction of sp³-hybridized carbons (Fsp3) is 0.117. The Balaban J connectivity index is 0.0000000905. The highest BCUT2D eigenvalue weighted by atomic mass is 32.1. The molecule has 4 aliphatic rings. The van der Waals surface area contributed by atoms with E-state index in [1.807, 2.05) is 73.4 Å². The van der Waals surface area contributed by atoms with Crippen molar-refractivity contribution in [2.75, 3.05) is 0 Å². The summed E-state index contributed by atoms with van der Waals surface area (Å²) in [6.45, 7) is 1.17. The van der Waals surface area contributed by atoms with Gasteiger partial charge in [0, 0.05) is 47.0 Å². The van der Waals surface area contributed by atoms with Gasteiger partial charge in [0.1, 0.15) is 56.5 Å². The molecule has 6 aromatic carbocycles. The number of benzene rings is 6. The third-order valence-electron chi connectivity index (χ3n) is 19.5. The molecular formula is C77H61N15S+4. The molecule has 16 heteroatoms. The van der Waals surface area contributed by atoms with Gasteiger partial charge >= 0.3 is 0 Å². The van der Waals surface area contributed by atoms with Gasteiger partial charge in [0.25, 0.3) is 22.8 Å². The predicted octanol–water partition coefficient (Wildman–Crippen LogP) is 13.2. The summed E-state index contributed by atoms with van der Waals surface area (Å²) < 4.78 is 49.8. The van der Waals surface area contributed by atoms with Crippen LogP contribution in [0, 0.1) is 0 Å². The van der Waals surface area contributed by atoms with E-state index in [9.17, 15) is 0 Å². The van der Waals surface area contributed by atoms with E-state index >= 15 is 0 Å². The van der Waals surface area contributed by atoms with Gasteiger partial charge in [-0.2, -0.15) is 4.57 Å². The van der Waals surface area contributed by atoms with Gasteiger partial charge in [-0.1, -0.05) is 121 Å². The molecule has 0 radical (unpaired) electrons. The number of aryl methyl sites for hydroxylation is 5. The average Bonchev–Trinajstić information content (AvgIpc) is 1.56. The first kappa shape index (κ1) is 50.2. The molecule has 0 spiro atoms. The van der Waals surface area contributed by atoms with Crippen LogP contribution in [0.3, 0.4) is 0 Å². The number of pyridine rings is 4. The van der Waals surface area contributed by atoms with E-state index in [1.54, 1.807) is 12.3 Å². The molecule has 0 bridgehead atoms. The number of thiophene rings is 1. The van der Waals surface area contributed by atoms with E-state index in [0.29, 0.717) is 17.7 Å². The number of imidazole rings is 4. The lowest BCUT2D eigenvalue weighted by atomic mass is 10.1. The van der Waals surface area contributed by atoms with E-state index in [4.69, 9.17) is 14.1 Å². The van der Waals surface area contributed by atoms with Crippen LogP contribution in [0.5, 0.6) is 0 Å². The number of hydrogen-bond acceptors (Lipinski definition) is 5. The smallest absolute Gasteiger partial charge is 0.257 e. The monoisotopic (exact) mass is 1230 g/mol. The highest BCUT2D eigenvalue weighted by Gasteiger charge is 2.40. The van der Waals surface area contributed by atoms with Crippen LogP contribution in [0.1, 0.15) is 26.4 Å². The lowest BCUT2D eigenvalue weighted by molar-refractivity contribution is -0.648. The summed E-state index contributed by atoms with van der Waals surface area (Å²) in [5.74, 6) is 4.82. The zero-order valence-corrected chi connectivity index (χ0v) is 52.2. The molecular weight excluding hydrogens is 1170 g/mol. The van der Waals surface area contributed by atoms with Crippen molar-refractivity contribution < 1.29 is 22.4 Å². The Hall–Kier alpha value is -11.6. The highest BCUT2D eigenvalue weighted by Crippen LogP contribution is 2.42. The minimum absolute atomic E-state index is 0.643. The Morgan fingerprint density at radius 3 is 1.22 bits per heavy atom. The molecule has 4 aliphatic heterocycles. The second-order valence-electron chi connectivity index (χ2n) is 24.4. The summed E-state index contributed by atoms with van der Waals surface area (Å²) in [4.78, 5) is 19.8. The fourth-order valence-electron chi connectivity index (χ4n) is 15.6. The maximum atomic E-state index is 8.03. The van der Waals surface area contributed by atoms with E-state index < -0.39 is 6.98 Å². The van der Waals surface area contributed by atoms with Gasteiger partial charge in [-0.05, 0) is 97.1 Å². The van der Waals surface area contributed by atoms with Crippen molar-refractivity contribution in [1.29, 1.82) is 0 Å². The second kappa shape index (κ2) is 20.2. The molecule has 12 aromatic heterocycles. The van der Waals surface area contributed by atoms with Crippen molar-refractivity contribution in [2.24, 2.45) is 35.2 Å². The lowest BCUT2D eigenvalue weighted by Crippen LogP contribution is -2.33. The zero-order chi connectivity index (χ0) is 64.4. The zero-order valence-electron chi connectivity index (χ0n) is 54.4. The van der Waals surface area contributed by atoms with Gasteiger partial charge in [0.05, 0.1) is 85.9 Å². The van der Waals surface area contributed by atoms with Crippen molar-refractivity contribution >= 4 is 98.5 Å². The minimum Gasteiger partial charge on any atom is -0.257 e. The maximum absolute atomic E-state index is 8.03. The fourth-order valence-corrected chi connectivity index (χ4v) is 16.7. The summed E-state index contributed by atoms with van der Waals surface area (Å²) in [5.41, 5.74) is 27.4. The molecule has 22 rings (SSSR count). The molecule has 446 valence electrons. The quantitative estimate of drug-likeness (QED) is 0.161. The molecule has 0 atom stereocenters. The van der Waals surface area contributed by atoms with Crippen LogP contribution in [0.2, 0.25) is 0 Å². The number of rotatable bonds is 2. The average molecular weight is 1230 g/mol. The largest absolute Gasteiger partial charge is 0.296 e. The van der Waals surface area contributed by atoms with Gasteiger partial charge in [-0.25, -0.2) is 37.8 Å². The first-order valence-corrected chi connectivity index (χ1v) is 32.2. The summed E-state index contributed by atoms with van der Waals surface area (Å²) >= 11 is 1.83. The van der Waals surface area contributed by atoms with Crippen LogP contribution in [0.25, 0.3) is 144 Å². The summed E-state index contributed by atoms with van der Waals surface area (Å²) in [6.07, 6.45) is 7.36. The third kappa shape index (κ3) is 7.51. The van der Waals surface area contributed by atoms with Crippen LogP contribution in [0.4, 0.5) is 0 Å². The Bertz CT molecular complexity index is 6270. The highest BCUT2D eigenvalue weighted by molar-refractivity contribution is 7.25. The summed E-state index contributed by atoms with van der Waals surface area (Å²) in [5, 5.41) is 0. The molecule has 18 aromatic rings. The molecule has 15 nitrogen and oxygen atoms in total. The number of nitrogens with zero attached hydrogens (tertiary/aromatic N) is 15. The van der Waals surface area contributed by atoms with E-state index in [2.05, 4.69) is 241 Å². The van der Waals surface area contributed by atoms with Crippen LogP contribution in [-0.2, 0) is 61.3 Å². The van der Waals surface area contributed by atoms with E-state index in [-0.39, 0.29) is 0 Å². The Kier molecular flexibility index (Phi) is 10.9. The van der Waals surface area contributed by atoms with Gasteiger partial charge < -0.3 is 0 Å². The minimum atomic E-state index is -2.26. The first-order valence-electron chi connectivity index (χ1n) is 32.8. The third-order valence-corrected chi connectivity index (χ3v) is 20.6. The van der Waals surface area contributed by atoms with Crippen LogP contribution in [0.15, 0.2) is 231 Å². The summed E-state index contributed by atoms with van der Waals surface area (Å²) in [7, 11) is 8.40. The van der Waals surface area contributed by atoms with Crippen molar-refractivity contribution in [3.05, 3.63) is 253 Å². The van der Waals surface area contributed by atoms with Gasteiger partial charge in [-0.15, -0.1) is 0 Å². The van der Waals surface area contributed by atoms with E-state index in [1.165, 1.54) is 110 Å². The van der Waals surface area contributed by atoms with Crippen molar-refractivity contribution in [3.63, 3.8) is 0 Å². The predicted molar refractivity (Wildman–Crippen MR) is 367 cm³/mol. The van der Waals surface area contributed by atoms with Crippen molar-refractivity contribution in [3.8, 4) is 56.9 Å². The molecule has 16 heterocycles. The number of para-hydroxylation sites is 2. The topological polar surface area (TPSA) is 102 Å². The molecule has 0 unspecified atom stereocenters. The molecule has 0 fully saturated rings. The summed E-state index contributed by atoms with van der Waals surface area (Å²) in [6, 6.07) is 71.5. The normalized spacial score (nSPS) is 13.4. The van der Waals surface area contributed by atoms with Crippen molar-refractivity contribution in [1.82, 2.24) is 51.9 Å². The molecule has 0 saturated heterocycles. The van der Waals surface area contributed by atoms with Crippen LogP contribution >= 0.6 is 11.3 Å². The molecule has 0 amide bonds. The van der Waals surface area contributed by atoms with Gasteiger partial charge in [0.2, 0.25) is 44.4 Å². The van der Waals surface area contributed by atoms with Crippen molar-refractivity contribution in [2.45, 2.75) is 26.2 Å². The molecule has 0 saturated carbocycles. The Morgan fingerprint density at radius 2 is 0.710 bits per heavy atom. The SMILES string of the molecule is Cn1c2[n+](c3c1c1ncccc1n3-c1ccccc1)Cc1ccccc1-2.Cn1c2[n+](c3c1c1ncccc1n3C)Cc1ccccc1-2.[2H]C([2H])([2H])n1c2cccnc2c2c1[n+]1c(n2C)-c2ccccc2C1.c1ccc(-n2c3[n+](c4sc5cccnc5c42)Cc2ccccc2-3)cc1. The van der Waals surface area contributed by atoms with Gasteiger partial charge in [0.15, 0.2) is 0 Å². The lowest BCUT2D eigenvalue weighted by Gasteiger charge is -2.03. The van der Waals surface area contributed by atoms with Crippen LogP contribution < -0.4 is 18.3 Å². The Labute approximate surface area is 541 Å². The van der Waals surface area contributed by atoms with E-state index in [0.717, 1.165) is 69.8 Å². The Morgan fingerprint density at radius 1 is 0.333 bits per heavy atom. The molecule has 0 aliphatic carbocycles. The number of aromatic nitrogens is 15. The maximum Gasteiger partial charge on any atom is 0.296 e. The van der Waals surface area contributed by atoms with Crippen LogP contribution in [-0.4, -0.2) is 51.9 Å². The molecule has 93 heavy (non-hydrogen) atoms. The standard InChI is InChI=1S/C22H17N4.C21H14N3S.2C17H15N4/c1-24-20-19-18(12-7-13-23-19)26(16-9-3-2-4-10-16)22(20)25-14-15-8-5-6-11-17(15)21(24)25;1-2-8-15(9-3-1)24-19-18-17(11-6-12-22-18)25-21(19)23-13-14-7-4-5-10-16(14)20(23)24;2*1-19-13-8-5-9-18-14(13)15-17(19)21-10-11-6-3-4-7-12(11)16(21)20(15)2/h2-13H,14H2,1H3;1-12H,13H2;2*3-9H,10H2,1-2H3/q4*+1/i;;1D3;. The number of hydrogen-bond donors (Lipinski definition) is 0. The first-order chi connectivity index (χ1) is 47.0. The molecule has 0 N–H and O–H groups in total.